The van der Waals surface area contributed by atoms with E-state index in [9.17, 15) is 32.3 Å². The number of H-pyrrole nitrogens is 1. The number of hydrogen-bond donors (Lipinski definition) is 2. The molecule has 1 aliphatic heterocycles. The highest BCUT2D eigenvalue weighted by atomic mass is 19.3. The van der Waals surface area contributed by atoms with Crippen LogP contribution in [0.1, 0.15) is 45.1 Å². The summed E-state index contributed by atoms with van der Waals surface area (Å²) in [5.41, 5.74) is -2.50. The fraction of sp³-hybridized carbons (Fsp3) is 0.727. The molecule has 5 unspecified atom stereocenters. The molecule has 0 aromatic carbocycles. The first-order valence-corrected chi connectivity index (χ1v) is 11.3. The van der Waals surface area contributed by atoms with Crippen LogP contribution in [0.2, 0.25) is 0 Å². The molecule has 1 saturated heterocycles. The molecule has 1 aromatic rings. The molecule has 33 heavy (non-hydrogen) atoms. The van der Waals surface area contributed by atoms with Crippen molar-refractivity contribution in [2.75, 3.05) is 13.1 Å². The Bertz CT molecular complexity index is 1210. The molecule has 2 saturated carbocycles. The van der Waals surface area contributed by atoms with Gasteiger partial charge in [0.15, 0.2) is 0 Å². The van der Waals surface area contributed by atoms with Crippen molar-refractivity contribution in [3.8, 4) is 0 Å². The van der Waals surface area contributed by atoms with Crippen LogP contribution in [-0.2, 0) is 0 Å². The van der Waals surface area contributed by atoms with Gasteiger partial charge in [-0.2, -0.15) is 0 Å². The van der Waals surface area contributed by atoms with Crippen molar-refractivity contribution in [2.24, 2.45) is 11.8 Å². The van der Waals surface area contributed by atoms with Gasteiger partial charge in [-0.15, -0.1) is 0 Å². The predicted octanol–water partition coefficient (Wildman–Crippen LogP) is 0.906. The molecular weight excluding hydrogens is 449 g/mol. The summed E-state index contributed by atoms with van der Waals surface area (Å²) >= 11 is 0. The Morgan fingerprint density at radius 3 is 2.48 bits per heavy atom. The topological polar surface area (TPSA) is 78.3 Å². The molecule has 3 aliphatic carbocycles. The van der Waals surface area contributed by atoms with E-state index >= 15 is 4.39 Å². The third-order valence-corrected chi connectivity index (χ3v) is 7.81. The zero-order chi connectivity index (χ0) is 23.8. The van der Waals surface area contributed by atoms with Gasteiger partial charge in [-0.05, 0) is 44.1 Å². The summed E-state index contributed by atoms with van der Waals surface area (Å²) in [6.07, 6.45) is -5.94. The minimum atomic E-state index is -3.27. The van der Waals surface area contributed by atoms with Crippen molar-refractivity contribution in [1.29, 1.82) is 0 Å². The number of fused-ring (bicyclic) bond motifs is 2. The van der Waals surface area contributed by atoms with Crippen LogP contribution in [0.25, 0.3) is 11.1 Å². The second-order valence-electron chi connectivity index (χ2n) is 9.85. The highest BCUT2D eigenvalue weighted by Gasteiger charge is 2.53. The molecule has 2 N–H and O–H groups in total. The van der Waals surface area contributed by atoms with Gasteiger partial charge in [0.05, 0.1) is 16.6 Å². The van der Waals surface area contributed by atoms with Crippen LogP contribution in [-0.4, -0.2) is 63.3 Å². The van der Waals surface area contributed by atoms with Gasteiger partial charge in [-0.1, -0.05) is 0 Å². The normalized spacial score (nSPS) is 34.4. The molecule has 6 nitrogen and oxygen atoms in total. The zero-order valence-corrected chi connectivity index (χ0v) is 18.0. The van der Waals surface area contributed by atoms with Gasteiger partial charge in [0, 0.05) is 37.0 Å². The van der Waals surface area contributed by atoms with Crippen LogP contribution in [0, 0.1) is 11.8 Å². The summed E-state index contributed by atoms with van der Waals surface area (Å²) in [6.45, 7) is 1.60. The lowest BCUT2D eigenvalue weighted by atomic mass is 9.88. The molecule has 5 atom stereocenters. The van der Waals surface area contributed by atoms with Crippen molar-refractivity contribution < 1.29 is 27.1 Å². The Morgan fingerprint density at radius 2 is 1.85 bits per heavy atom. The summed E-state index contributed by atoms with van der Waals surface area (Å²) in [6, 6.07) is -1.50. The average molecular weight is 475 g/mol. The quantitative estimate of drug-likeness (QED) is 0.638. The van der Waals surface area contributed by atoms with E-state index in [0.717, 1.165) is 0 Å². The Kier molecular flexibility index (Phi) is 5.35. The van der Waals surface area contributed by atoms with Crippen molar-refractivity contribution in [3.05, 3.63) is 31.4 Å². The number of aromatic nitrogens is 2. The highest BCUT2D eigenvalue weighted by molar-refractivity contribution is 5.65. The number of nitrogens with zero attached hydrogens (tertiary/aromatic N) is 2. The molecule has 1 aromatic heterocycles. The van der Waals surface area contributed by atoms with Crippen LogP contribution in [0.5, 0.6) is 0 Å². The Morgan fingerprint density at radius 1 is 1.15 bits per heavy atom. The highest BCUT2D eigenvalue weighted by Crippen LogP contribution is 2.44. The van der Waals surface area contributed by atoms with Crippen LogP contribution >= 0.6 is 0 Å². The number of hydrogen-bond acceptors (Lipinski definition) is 4. The maximum atomic E-state index is 15.7. The van der Waals surface area contributed by atoms with E-state index in [1.165, 1.54) is 16.4 Å². The van der Waals surface area contributed by atoms with Crippen molar-refractivity contribution in [2.45, 2.75) is 75.7 Å². The Labute approximate surface area is 185 Å². The Balaban J connectivity index is 1.67. The lowest BCUT2D eigenvalue weighted by Gasteiger charge is -2.36. The zero-order valence-electron chi connectivity index (χ0n) is 18.0. The van der Waals surface area contributed by atoms with Gasteiger partial charge >= 0.3 is 5.69 Å². The second kappa shape index (κ2) is 7.76. The summed E-state index contributed by atoms with van der Waals surface area (Å²) in [5, 5.41) is 9.85. The first-order chi connectivity index (χ1) is 15.5. The van der Waals surface area contributed by atoms with E-state index in [0.29, 0.717) is 19.3 Å². The summed E-state index contributed by atoms with van der Waals surface area (Å²) in [5.74, 6) is -4.40. The molecular formula is C22H26F5N3O3. The Hall–Kier alpha value is -2.01. The molecule has 182 valence electrons. The second-order valence-corrected chi connectivity index (χ2v) is 9.85. The fourth-order valence-electron chi connectivity index (χ4n) is 6.12. The lowest BCUT2D eigenvalue weighted by Crippen LogP contribution is -2.62. The number of aromatic amines is 1. The average Bonchev–Trinajstić information content (AvgIpc) is 3.49. The standard InChI is InChI=1S/C22H26F5N3O3/c1-9-16-14(20(32)28-21(33)30(16)11-4-5-11)13(19(24)25)15(23)17(9)29-7-10-3-2-6-22(26,27)18(31)12(10)8-29/h10-12,15,17-19,31H,2-8H2,1H3,(H,28,32,33). The van der Waals surface area contributed by atoms with Crippen LogP contribution in [0.3, 0.4) is 0 Å². The maximum Gasteiger partial charge on any atom is 0.329 e. The number of nitrogens with one attached hydrogen (secondary N) is 1. The summed E-state index contributed by atoms with van der Waals surface area (Å²) < 4.78 is 73.8. The van der Waals surface area contributed by atoms with Crippen molar-refractivity contribution in [3.63, 3.8) is 0 Å². The van der Waals surface area contributed by atoms with Crippen LogP contribution in [0.4, 0.5) is 22.0 Å². The molecule has 0 amide bonds. The molecule has 11 heteroatoms. The summed E-state index contributed by atoms with van der Waals surface area (Å²) in [7, 11) is 0. The monoisotopic (exact) mass is 475 g/mol. The number of aliphatic hydroxyl groups is 1. The third-order valence-electron chi connectivity index (χ3n) is 7.81. The molecule has 0 bridgehead atoms. The first kappa shape index (κ1) is 22.8. The number of aliphatic hydroxyl groups excluding tert-OH is 1. The van der Waals surface area contributed by atoms with E-state index < -0.39 is 65.0 Å². The van der Waals surface area contributed by atoms with E-state index in [-0.39, 0.29) is 42.4 Å². The largest absolute Gasteiger partial charge is 0.387 e. The SMILES string of the molecule is CC1=c2c(c(=O)[nH]c(=O)n2C2CC2)=C(C(F)F)C(F)C1N1CC2CCCC(F)(F)C(O)C2C1. The fourth-order valence-corrected chi connectivity index (χ4v) is 6.12. The van der Waals surface area contributed by atoms with Gasteiger partial charge in [0.1, 0.15) is 12.3 Å². The van der Waals surface area contributed by atoms with Gasteiger partial charge < -0.3 is 5.11 Å². The number of halogens is 5. The van der Waals surface area contributed by atoms with Crippen molar-refractivity contribution in [1.82, 2.24) is 14.5 Å². The molecule has 0 radical (unpaired) electrons. The van der Waals surface area contributed by atoms with Gasteiger partial charge in [-0.25, -0.2) is 26.7 Å². The van der Waals surface area contributed by atoms with Gasteiger partial charge in [-0.3, -0.25) is 19.2 Å². The van der Waals surface area contributed by atoms with Crippen molar-refractivity contribution >= 4 is 11.1 Å². The molecule has 5 rings (SSSR count). The maximum absolute atomic E-state index is 15.7. The van der Waals surface area contributed by atoms with E-state index in [1.54, 1.807) is 0 Å². The predicted molar refractivity (Wildman–Crippen MR) is 109 cm³/mol. The number of rotatable bonds is 3. The van der Waals surface area contributed by atoms with Crippen LogP contribution in [0.15, 0.2) is 9.59 Å². The minimum Gasteiger partial charge on any atom is -0.387 e. The third kappa shape index (κ3) is 3.50. The molecule has 3 fully saturated rings. The number of alkyl halides is 5. The van der Waals surface area contributed by atoms with E-state index in [4.69, 9.17) is 0 Å². The smallest absolute Gasteiger partial charge is 0.329 e. The minimum absolute atomic E-state index is 0.0124. The molecule has 0 spiro atoms. The summed E-state index contributed by atoms with van der Waals surface area (Å²) in [4.78, 5) is 28.7. The van der Waals surface area contributed by atoms with Gasteiger partial charge in [0.25, 0.3) is 17.9 Å². The van der Waals surface area contributed by atoms with Gasteiger partial charge in [0.2, 0.25) is 0 Å². The van der Waals surface area contributed by atoms with E-state index in [2.05, 4.69) is 0 Å². The van der Waals surface area contributed by atoms with E-state index in [1.807, 2.05) is 4.98 Å². The molecule has 2 heterocycles. The first-order valence-electron chi connectivity index (χ1n) is 11.3. The lowest BCUT2D eigenvalue weighted by molar-refractivity contribution is -0.132. The van der Waals surface area contributed by atoms with Crippen LogP contribution < -0.4 is 21.8 Å². The number of likely N-dealkylation sites (tertiary alicyclic amines) is 1. The molecule has 4 aliphatic rings.